The number of halogens is 2. The van der Waals surface area contributed by atoms with Crippen molar-refractivity contribution in [3.63, 3.8) is 0 Å². The minimum absolute atomic E-state index is 0.00242. The summed E-state index contributed by atoms with van der Waals surface area (Å²) < 4.78 is 29.2. The zero-order valence-corrected chi connectivity index (χ0v) is 13.8. The SMILES string of the molecule is O=C(Nc1cccc(OC(F)F)c1)c1c2c(nc3ccccc13)CCC2. The van der Waals surface area contributed by atoms with Crippen LogP contribution in [0.4, 0.5) is 14.5 Å². The first kappa shape index (κ1) is 16.4. The van der Waals surface area contributed by atoms with Gasteiger partial charge in [0.2, 0.25) is 0 Å². The number of rotatable bonds is 4. The topological polar surface area (TPSA) is 51.2 Å². The molecular weight excluding hydrogens is 338 g/mol. The summed E-state index contributed by atoms with van der Waals surface area (Å²) in [5, 5.41) is 3.60. The number of amides is 1. The van der Waals surface area contributed by atoms with E-state index in [0.29, 0.717) is 11.3 Å². The molecule has 132 valence electrons. The Kier molecular flexibility index (Phi) is 4.24. The molecule has 0 saturated carbocycles. The largest absolute Gasteiger partial charge is 0.435 e. The number of hydrogen-bond donors (Lipinski definition) is 1. The number of anilines is 1. The maximum atomic E-state index is 13.0. The molecule has 26 heavy (non-hydrogen) atoms. The van der Waals surface area contributed by atoms with E-state index in [1.54, 1.807) is 12.1 Å². The number of carbonyl (C=O) groups is 1. The lowest BCUT2D eigenvalue weighted by Gasteiger charge is -2.13. The number of ether oxygens (including phenoxy) is 1. The summed E-state index contributed by atoms with van der Waals surface area (Å²) >= 11 is 0. The lowest BCUT2D eigenvalue weighted by Crippen LogP contribution is -2.16. The molecule has 3 aromatic rings. The molecule has 1 heterocycles. The van der Waals surface area contributed by atoms with Crippen LogP contribution in [0.25, 0.3) is 10.9 Å². The smallest absolute Gasteiger partial charge is 0.387 e. The molecule has 0 aliphatic heterocycles. The van der Waals surface area contributed by atoms with Gasteiger partial charge in [-0.2, -0.15) is 8.78 Å². The minimum atomic E-state index is -2.91. The Balaban J connectivity index is 1.71. The van der Waals surface area contributed by atoms with Crippen LogP contribution in [0, 0.1) is 0 Å². The molecule has 0 fully saturated rings. The van der Waals surface area contributed by atoms with Crippen molar-refractivity contribution < 1.29 is 18.3 Å². The van der Waals surface area contributed by atoms with E-state index in [4.69, 9.17) is 0 Å². The second-order valence-corrected chi connectivity index (χ2v) is 6.14. The number of aromatic nitrogens is 1. The van der Waals surface area contributed by atoms with Crippen LogP contribution in [-0.2, 0) is 12.8 Å². The van der Waals surface area contributed by atoms with Gasteiger partial charge in [0.25, 0.3) is 5.91 Å². The second-order valence-electron chi connectivity index (χ2n) is 6.14. The van der Waals surface area contributed by atoms with Gasteiger partial charge in [0.1, 0.15) is 5.75 Å². The highest BCUT2D eigenvalue weighted by Gasteiger charge is 2.23. The van der Waals surface area contributed by atoms with Crippen LogP contribution in [-0.4, -0.2) is 17.5 Å². The summed E-state index contributed by atoms with van der Waals surface area (Å²) in [6.45, 7) is -2.91. The lowest BCUT2D eigenvalue weighted by atomic mass is 10.0. The van der Waals surface area contributed by atoms with Gasteiger partial charge >= 0.3 is 6.61 Å². The lowest BCUT2D eigenvalue weighted by molar-refractivity contribution is -0.0497. The second kappa shape index (κ2) is 6.71. The van der Waals surface area contributed by atoms with E-state index in [0.717, 1.165) is 41.4 Å². The summed E-state index contributed by atoms with van der Waals surface area (Å²) in [5.41, 5.74) is 3.74. The van der Waals surface area contributed by atoms with Crippen molar-refractivity contribution in [3.05, 3.63) is 65.4 Å². The first-order valence-corrected chi connectivity index (χ1v) is 8.38. The molecule has 0 bridgehead atoms. The van der Waals surface area contributed by atoms with Gasteiger partial charge in [-0.3, -0.25) is 9.78 Å². The molecule has 1 aliphatic carbocycles. The third-order valence-electron chi connectivity index (χ3n) is 4.46. The molecule has 1 aliphatic rings. The molecule has 4 nitrogen and oxygen atoms in total. The van der Waals surface area contributed by atoms with Gasteiger partial charge in [0.15, 0.2) is 0 Å². The van der Waals surface area contributed by atoms with E-state index in [1.807, 2.05) is 24.3 Å². The van der Waals surface area contributed by atoms with Crippen molar-refractivity contribution in [2.24, 2.45) is 0 Å². The molecule has 0 radical (unpaired) electrons. The zero-order valence-electron chi connectivity index (χ0n) is 13.8. The number of nitrogens with one attached hydrogen (secondary N) is 1. The number of pyridine rings is 1. The first-order chi connectivity index (χ1) is 12.6. The quantitative estimate of drug-likeness (QED) is 0.746. The summed E-state index contributed by atoms with van der Waals surface area (Å²) in [5.74, 6) is -0.265. The summed E-state index contributed by atoms with van der Waals surface area (Å²) in [6, 6.07) is 13.5. The fraction of sp³-hybridized carbons (Fsp3) is 0.200. The Bertz CT molecular complexity index is 989. The predicted octanol–water partition coefficient (Wildman–Crippen LogP) is 4.58. The third kappa shape index (κ3) is 3.10. The number of hydrogen-bond acceptors (Lipinski definition) is 3. The van der Waals surface area contributed by atoms with Gasteiger partial charge in [-0.15, -0.1) is 0 Å². The van der Waals surface area contributed by atoms with E-state index in [-0.39, 0.29) is 11.7 Å². The van der Waals surface area contributed by atoms with Gasteiger partial charge < -0.3 is 10.1 Å². The Labute approximate surface area is 148 Å². The number of alkyl halides is 2. The molecule has 0 atom stereocenters. The number of benzene rings is 2. The van der Waals surface area contributed by atoms with Crippen molar-refractivity contribution in [2.75, 3.05) is 5.32 Å². The number of carbonyl (C=O) groups excluding carboxylic acids is 1. The maximum Gasteiger partial charge on any atom is 0.387 e. The molecule has 1 N–H and O–H groups in total. The number of para-hydroxylation sites is 1. The summed E-state index contributed by atoms with van der Waals surface area (Å²) in [6.07, 6.45) is 2.64. The molecule has 0 saturated heterocycles. The predicted molar refractivity (Wildman–Crippen MR) is 94.8 cm³/mol. The van der Waals surface area contributed by atoms with Crippen molar-refractivity contribution in [1.82, 2.24) is 4.98 Å². The minimum Gasteiger partial charge on any atom is -0.435 e. The van der Waals surface area contributed by atoms with E-state index in [1.165, 1.54) is 12.1 Å². The Morgan fingerprint density at radius 1 is 1.12 bits per heavy atom. The third-order valence-corrected chi connectivity index (χ3v) is 4.46. The van der Waals surface area contributed by atoms with Crippen LogP contribution in [0.3, 0.4) is 0 Å². The fourth-order valence-electron chi connectivity index (χ4n) is 3.41. The standard InChI is InChI=1S/C20H16F2N2O2/c21-20(22)26-13-6-3-5-12(11-13)23-19(25)18-14-7-1-2-9-16(14)24-17-10-4-8-15(17)18/h1-3,5-7,9,11,20H,4,8,10H2,(H,23,25). The van der Waals surface area contributed by atoms with Crippen LogP contribution < -0.4 is 10.1 Å². The van der Waals surface area contributed by atoms with E-state index >= 15 is 0 Å². The average molecular weight is 354 g/mol. The van der Waals surface area contributed by atoms with E-state index < -0.39 is 6.61 Å². The zero-order chi connectivity index (χ0) is 18.1. The summed E-state index contributed by atoms with van der Waals surface area (Å²) in [7, 11) is 0. The average Bonchev–Trinajstić information content (AvgIpc) is 3.07. The highest BCUT2D eigenvalue weighted by Crippen LogP contribution is 2.31. The summed E-state index contributed by atoms with van der Waals surface area (Å²) in [4.78, 5) is 17.7. The van der Waals surface area contributed by atoms with Gasteiger partial charge in [-0.25, -0.2) is 0 Å². The number of nitrogens with zero attached hydrogens (tertiary/aromatic N) is 1. The van der Waals surface area contributed by atoms with Crippen LogP contribution in [0.1, 0.15) is 28.0 Å². The highest BCUT2D eigenvalue weighted by molar-refractivity contribution is 6.13. The van der Waals surface area contributed by atoms with Gasteiger partial charge in [-0.1, -0.05) is 24.3 Å². The first-order valence-electron chi connectivity index (χ1n) is 8.38. The van der Waals surface area contributed by atoms with Gasteiger partial charge in [0, 0.05) is 22.8 Å². The normalized spacial score (nSPS) is 13.0. The molecule has 1 amide bonds. The highest BCUT2D eigenvalue weighted by atomic mass is 19.3. The van der Waals surface area contributed by atoms with E-state index in [9.17, 15) is 13.6 Å². The molecule has 0 spiro atoms. The molecule has 4 rings (SSSR count). The molecule has 0 unspecified atom stereocenters. The van der Waals surface area contributed by atoms with Crippen molar-refractivity contribution in [1.29, 1.82) is 0 Å². The monoisotopic (exact) mass is 354 g/mol. The number of fused-ring (bicyclic) bond motifs is 2. The van der Waals surface area contributed by atoms with Crippen LogP contribution in [0.15, 0.2) is 48.5 Å². The Morgan fingerprint density at radius 2 is 1.96 bits per heavy atom. The van der Waals surface area contributed by atoms with Gasteiger partial charge in [-0.05, 0) is 43.0 Å². The Hall–Kier alpha value is -3.02. The van der Waals surface area contributed by atoms with Crippen molar-refractivity contribution in [3.8, 4) is 5.75 Å². The van der Waals surface area contributed by atoms with Crippen molar-refractivity contribution >= 4 is 22.5 Å². The molecular formula is C20H16F2N2O2. The Morgan fingerprint density at radius 3 is 2.81 bits per heavy atom. The maximum absolute atomic E-state index is 13.0. The molecule has 6 heteroatoms. The molecule has 1 aromatic heterocycles. The van der Waals surface area contributed by atoms with Crippen molar-refractivity contribution in [2.45, 2.75) is 25.9 Å². The van der Waals surface area contributed by atoms with Crippen LogP contribution >= 0.6 is 0 Å². The van der Waals surface area contributed by atoms with Crippen LogP contribution in [0.2, 0.25) is 0 Å². The van der Waals surface area contributed by atoms with Gasteiger partial charge in [0.05, 0.1) is 11.1 Å². The number of aryl methyl sites for hydroxylation is 1. The molecule has 2 aromatic carbocycles. The fourth-order valence-corrected chi connectivity index (χ4v) is 3.41. The van der Waals surface area contributed by atoms with Crippen LogP contribution in [0.5, 0.6) is 5.75 Å². The van der Waals surface area contributed by atoms with E-state index in [2.05, 4.69) is 15.0 Å².